The van der Waals surface area contributed by atoms with Gasteiger partial charge in [-0.2, -0.15) is 0 Å². The van der Waals surface area contributed by atoms with Gasteiger partial charge in [0, 0.05) is 35.0 Å². The summed E-state index contributed by atoms with van der Waals surface area (Å²) in [6.45, 7) is 4.46. The second-order valence-electron chi connectivity index (χ2n) is 8.22. The Morgan fingerprint density at radius 2 is 1.88 bits per heavy atom. The first-order valence-electron chi connectivity index (χ1n) is 10.8. The zero-order valence-electron chi connectivity index (χ0n) is 18.7. The van der Waals surface area contributed by atoms with Crippen molar-refractivity contribution in [3.63, 3.8) is 0 Å². The Hall–Kier alpha value is -2.65. The minimum absolute atomic E-state index is 0.0335. The lowest BCUT2D eigenvalue weighted by Crippen LogP contribution is -2.44. The third-order valence-electron chi connectivity index (χ3n) is 6.03. The number of nitrogens with zero attached hydrogens (tertiary/aromatic N) is 2. The van der Waals surface area contributed by atoms with Gasteiger partial charge in [0.2, 0.25) is 0 Å². The number of halogens is 1. The molecule has 1 unspecified atom stereocenters. The normalized spacial score (nSPS) is 18.5. The van der Waals surface area contributed by atoms with Crippen LogP contribution in [0.3, 0.4) is 0 Å². The van der Waals surface area contributed by atoms with Crippen LogP contribution in [0, 0.1) is 5.82 Å². The first kappa shape index (κ1) is 23.5. The van der Waals surface area contributed by atoms with Crippen LogP contribution in [0.25, 0.3) is 17.2 Å². The molecule has 1 aliphatic carbocycles. The number of rotatable bonds is 6. The van der Waals surface area contributed by atoms with E-state index in [0.29, 0.717) is 37.4 Å². The molecule has 2 aromatic rings. The molecular formula is C25H27FN2O4S. The van der Waals surface area contributed by atoms with Crippen LogP contribution in [0.4, 0.5) is 4.39 Å². The molecule has 4 rings (SSSR count). The van der Waals surface area contributed by atoms with E-state index in [-0.39, 0.29) is 18.9 Å². The quantitative estimate of drug-likeness (QED) is 0.514. The highest BCUT2D eigenvalue weighted by Gasteiger charge is 2.27. The second kappa shape index (κ2) is 10.1. The molecule has 174 valence electrons. The molecule has 0 aromatic heterocycles. The van der Waals surface area contributed by atoms with Crippen molar-refractivity contribution in [3.8, 4) is 0 Å². The number of carbonyl (C=O) groups excluding carboxylic acids is 1. The predicted molar refractivity (Wildman–Crippen MR) is 126 cm³/mol. The van der Waals surface area contributed by atoms with Gasteiger partial charge in [0.05, 0.1) is 19.6 Å². The molecule has 1 saturated heterocycles. The minimum atomic E-state index is -1.06. The first-order valence-corrected chi connectivity index (χ1v) is 12.3. The van der Waals surface area contributed by atoms with E-state index in [2.05, 4.69) is 0 Å². The number of hydroxylamine groups is 2. The van der Waals surface area contributed by atoms with Crippen molar-refractivity contribution in [2.75, 3.05) is 39.2 Å². The monoisotopic (exact) mass is 470 g/mol. The van der Waals surface area contributed by atoms with Crippen LogP contribution < -0.4 is 0 Å². The van der Waals surface area contributed by atoms with Gasteiger partial charge in [-0.25, -0.2) is 9.45 Å². The summed E-state index contributed by atoms with van der Waals surface area (Å²) < 4.78 is 31.1. The lowest BCUT2D eigenvalue weighted by Gasteiger charge is -2.29. The summed E-state index contributed by atoms with van der Waals surface area (Å²) in [5, 5.41) is 11.1. The number of morpholine rings is 1. The molecule has 1 aliphatic heterocycles. The van der Waals surface area contributed by atoms with Crippen molar-refractivity contribution in [1.82, 2.24) is 9.96 Å². The summed E-state index contributed by atoms with van der Waals surface area (Å²) >= 11 is 0. The van der Waals surface area contributed by atoms with Crippen LogP contribution >= 0.6 is 0 Å². The third-order valence-corrected chi connectivity index (χ3v) is 6.97. The molecule has 1 atom stereocenters. The van der Waals surface area contributed by atoms with E-state index in [1.165, 1.54) is 12.1 Å². The molecule has 0 saturated carbocycles. The summed E-state index contributed by atoms with van der Waals surface area (Å²) in [6, 6.07) is 12.0. The Labute approximate surface area is 195 Å². The summed E-state index contributed by atoms with van der Waals surface area (Å²) in [7, 11) is -1.06. The molecule has 1 amide bonds. The fraction of sp³-hybridized carbons (Fsp3) is 0.320. The van der Waals surface area contributed by atoms with Crippen molar-refractivity contribution in [2.24, 2.45) is 0 Å². The van der Waals surface area contributed by atoms with E-state index in [1.807, 2.05) is 42.2 Å². The second-order valence-corrected chi connectivity index (χ2v) is 9.60. The Morgan fingerprint density at radius 3 is 2.55 bits per heavy atom. The number of fused-ring (bicyclic) bond motifs is 1. The van der Waals surface area contributed by atoms with Gasteiger partial charge in [0.1, 0.15) is 12.5 Å². The molecule has 0 radical (unpaired) electrons. The first-order chi connectivity index (χ1) is 15.8. The van der Waals surface area contributed by atoms with Crippen LogP contribution in [0.1, 0.15) is 30.0 Å². The van der Waals surface area contributed by atoms with Gasteiger partial charge < -0.3 is 4.74 Å². The maximum atomic E-state index is 14.1. The van der Waals surface area contributed by atoms with Crippen molar-refractivity contribution in [1.29, 1.82) is 0 Å². The standard InChI is InChI=1S/C25H27FN2O4S/c1-17-22(13-18-3-6-20(7-4-18)33(2)31)21-8-5-19(26)14-24(21)23(17)15-25(29)28(30)16-27-9-11-32-12-10-27/h3-8,13-14,30H,9-12,15-16H2,1-2H3. The number of ether oxygens (including phenoxy) is 1. The van der Waals surface area contributed by atoms with Crippen molar-refractivity contribution >= 4 is 33.9 Å². The van der Waals surface area contributed by atoms with E-state index >= 15 is 0 Å². The highest BCUT2D eigenvalue weighted by atomic mass is 32.2. The molecule has 0 spiro atoms. The molecule has 8 heteroatoms. The zero-order valence-corrected chi connectivity index (χ0v) is 19.5. The lowest BCUT2D eigenvalue weighted by molar-refractivity contribution is -0.175. The third kappa shape index (κ3) is 5.30. The molecule has 2 aliphatic rings. The van der Waals surface area contributed by atoms with Gasteiger partial charge in [0.25, 0.3) is 5.91 Å². The van der Waals surface area contributed by atoms with Crippen LogP contribution in [-0.4, -0.2) is 64.5 Å². The van der Waals surface area contributed by atoms with Crippen LogP contribution in [0.15, 0.2) is 52.9 Å². The molecule has 1 heterocycles. The van der Waals surface area contributed by atoms with Gasteiger partial charge in [0.15, 0.2) is 0 Å². The summed E-state index contributed by atoms with van der Waals surface area (Å²) in [5.74, 6) is -0.821. The van der Waals surface area contributed by atoms with Crippen molar-refractivity contribution in [3.05, 3.63) is 70.5 Å². The number of carbonyl (C=O) groups is 1. The average molecular weight is 471 g/mol. The zero-order chi connectivity index (χ0) is 23.5. The highest BCUT2D eigenvalue weighted by Crippen LogP contribution is 2.44. The molecule has 33 heavy (non-hydrogen) atoms. The minimum Gasteiger partial charge on any atom is -0.379 e. The van der Waals surface area contributed by atoms with E-state index < -0.39 is 16.7 Å². The van der Waals surface area contributed by atoms with E-state index in [0.717, 1.165) is 32.2 Å². The largest absolute Gasteiger partial charge is 0.379 e. The lowest BCUT2D eigenvalue weighted by atomic mass is 10.0. The topological polar surface area (TPSA) is 70.1 Å². The molecule has 6 nitrogen and oxygen atoms in total. The van der Waals surface area contributed by atoms with Crippen LogP contribution in [0.2, 0.25) is 0 Å². The van der Waals surface area contributed by atoms with Crippen LogP contribution in [-0.2, 0) is 20.3 Å². The summed E-state index contributed by atoms with van der Waals surface area (Å²) in [4.78, 5) is 15.5. The molecular weight excluding hydrogens is 443 g/mol. The van der Waals surface area contributed by atoms with E-state index in [4.69, 9.17) is 4.74 Å². The Bertz CT molecular complexity index is 1140. The van der Waals surface area contributed by atoms with Crippen LogP contribution in [0.5, 0.6) is 0 Å². The van der Waals surface area contributed by atoms with Crippen molar-refractivity contribution in [2.45, 2.75) is 18.2 Å². The van der Waals surface area contributed by atoms with Gasteiger partial charge in [-0.1, -0.05) is 18.2 Å². The molecule has 1 fully saturated rings. The van der Waals surface area contributed by atoms with Crippen molar-refractivity contribution < 1.29 is 23.3 Å². The number of allylic oxidation sites excluding steroid dienone is 2. The predicted octanol–water partition coefficient (Wildman–Crippen LogP) is 3.79. The fourth-order valence-corrected chi connectivity index (χ4v) is 4.68. The smallest absolute Gasteiger partial charge is 0.251 e. The average Bonchev–Trinajstić information content (AvgIpc) is 3.05. The number of hydrogen-bond acceptors (Lipinski definition) is 5. The molecule has 0 bridgehead atoms. The van der Waals surface area contributed by atoms with Gasteiger partial charge in [-0.3, -0.25) is 19.1 Å². The maximum absolute atomic E-state index is 14.1. The molecule has 1 N–H and O–H groups in total. The Balaban J connectivity index is 1.61. The summed E-state index contributed by atoms with van der Waals surface area (Å²) in [6.07, 6.45) is 3.58. The highest BCUT2D eigenvalue weighted by molar-refractivity contribution is 7.84. The molecule has 2 aromatic carbocycles. The van der Waals surface area contributed by atoms with Gasteiger partial charge >= 0.3 is 0 Å². The number of amides is 1. The van der Waals surface area contributed by atoms with Gasteiger partial charge in [-0.15, -0.1) is 0 Å². The van der Waals surface area contributed by atoms with E-state index in [9.17, 15) is 18.6 Å². The fourth-order valence-electron chi connectivity index (χ4n) is 4.16. The van der Waals surface area contributed by atoms with E-state index in [1.54, 1.807) is 12.3 Å². The SMILES string of the molecule is CC1=C(CC(=O)N(O)CN2CCOCC2)c2cc(F)ccc2C1=Cc1ccc(S(C)=O)cc1. The Kier molecular flexibility index (Phi) is 7.19. The maximum Gasteiger partial charge on any atom is 0.251 e. The number of benzene rings is 2. The van der Waals surface area contributed by atoms with Gasteiger partial charge in [-0.05, 0) is 70.7 Å². The number of hydrogen-bond donors (Lipinski definition) is 1. The summed E-state index contributed by atoms with van der Waals surface area (Å²) in [5.41, 5.74) is 4.89. The Morgan fingerprint density at radius 1 is 1.18 bits per heavy atom.